The maximum absolute atomic E-state index is 15.2. The number of aromatic nitrogens is 1. The molecule has 5 aromatic rings. The number of carboxylic acids is 1. The van der Waals surface area contributed by atoms with E-state index in [1.54, 1.807) is 0 Å². The first-order valence-electron chi connectivity index (χ1n) is 13.1. The second-order valence-electron chi connectivity index (χ2n) is 9.89. The Morgan fingerprint density at radius 3 is 2.04 bits per heavy atom. The molecule has 4 aromatic carbocycles. The molecule has 7 nitrogen and oxygen atoms in total. The minimum Gasteiger partial charge on any atom is -0.497 e. The van der Waals surface area contributed by atoms with Crippen molar-refractivity contribution in [1.29, 1.82) is 0 Å². The number of hydrogen-bond donors (Lipinski definition) is 1. The number of methoxy groups -OCH3 is 1. The van der Waals surface area contributed by atoms with Crippen molar-refractivity contribution < 1.29 is 54.9 Å². The van der Waals surface area contributed by atoms with Crippen LogP contribution in [0.2, 0.25) is 0 Å². The van der Waals surface area contributed by atoms with Gasteiger partial charge in [-0.05, 0) is 93.8 Å². The van der Waals surface area contributed by atoms with Gasteiger partial charge in [-0.1, -0.05) is 0 Å². The largest absolute Gasteiger partial charge is 0.497 e. The fourth-order valence-electron chi connectivity index (χ4n) is 4.72. The van der Waals surface area contributed by atoms with Crippen molar-refractivity contribution in [3.63, 3.8) is 0 Å². The van der Waals surface area contributed by atoms with E-state index in [0.29, 0.717) is 24.3 Å². The number of rotatable bonds is 6. The van der Waals surface area contributed by atoms with Gasteiger partial charge in [-0.15, -0.1) is 0 Å². The topological polar surface area (TPSA) is 94.8 Å². The minimum absolute atomic E-state index is 0.0874. The van der Waals surface area contributed by atoms with Crippen LogP contribution in [0.3, 0.4) is 0 Å². The summed E-state index contributed by atoms with van der Waals surface area (Å²) in [5.41, 5.74) is -4.69. The number of nitrogens with zero attached hydrogens (tertiary/aromatic N) is 1. The van der Waals surface area contributed by atoms with E-state index in [2.05, 4.69) is 15.9 Å². The van der Waals surface area contributed by atoms with Crippen LogP contribution in [-0.2, 0) is 12.4 Å². The molecule has 0 spiro atoms. The number of hydrogen-bond acceptors (Lipinski definition) is 5. The lowest BCUT2D eigenvalue weighted by Crippen LogP contribution is -2.20. The number of halogens is 8. The molecular weight excluding hydrogens is 707 g/mol. The molecule has 242 valence electrons. The van der Waals surface area contributed by atoms with Crippen molar-refractivity contribution in [2.24, 2.45) is 0 Å². The van der Waals surface area contributed by atoms with Gasteiger partial charge in [-0.25, -0.2) is 14.0 Å². The highest BCUT2D eigenvalue weighted by molar-refractivity contribution is 9.10. The molecule has 0 aliphatic heterocycles. The van der Waals surface area contributed by atoms with Gasteiger partial charge in [0.15, 0.2) is 11.6 Å². The highest BCUT2D eigenvalue weighted by Gasteiger charge is 2.33. The molecule has 1 aromatic heterocycles. The van der Waals surface area contributed by atoms with Crippen molar-refractivity contribution in [3.8, 4) is 28.3 Å². The van der Waals surface area contributed by atoms with Crippen LogP contribution in [-0.4, -0.2) is 28.7 Å². The number of carboxylic acid groups (broad SMARTS) is 1. The lowest BCUT2D eigenvalue weighted by molar-refractivity contribution is -0.138. The molecule has 0 saturated carbocycles. The van der Waals surface area contributed by atoms with Gasteiger partial charge in [0, 0.05) is 22.1 Å². The van der Waals surface area contributed by atoms with Gasteiger partial charge in [-0.3, -0.25) is 9.36 Å². The Bertz CT molecular complexity index is 2120. The van der Waals surface area contributed by atoms with Gasteiger partial charge < -0.3 is 14.6 Å². The van der Waals surface area contributed by atoms with E-state index < -0.39 is 63.7 Å². The van der Waals surface area contributed by atoms with Crippen molar-refractivity contribution in [2.75, 3.05) is 7.11 Å². The van der Waals surface area contributed by atoms with Crippen LogP contribution in [0.4, 0.5) is 30.7 Å². The van der Waals surface area contributed by atoms with Crippen LogP contribution in [0.1, 0.15) is 31.8 Å². The van der Waals surface area contributed by atoms with E-state index in [1.165, 1.54) is 31.5 Å². The number of carbonyl (C=O) groups is 2. The van der Waals surface area contributed by atoms with Crippen LogP contribution < -0.4 is 15.0 Å². The molecule has 0 atom stereocenters. The predicted molar refractivity (Wildman–Crippen MR) is 158 cm³/mol. The Morgan fingerprint density at radius 2 is 1.47 bits per heavy atom. The third-order valence-corrected chi connectivity index (χ3v) is 7.62. The highest BCUT2D eigenvalue weighted by atomic mass is 79.9. The quantitative estimate of drug-likeness (QED) is 0.107. The zero-order chi connectivity index (χ0) is 34.4. The summed E-state index contributed by atoms with van der Waals surface area (Å²) >= 11 is 3.31. The zero-order valence-electron chi connectivity index (χ0n) is 23.5. The van der Waals surface area contributed by atoms with Gasteiger partial charge in [0.2, 0.25) is 0 Å². The number of ether oxygens (including phenoxy) is 2. The molecule has 0 amide bonds. The number of carbonyl (C=O) groups excluding carboxylic acids is 1. The Balaban J connectivity index is 1.62. The van der Waals surface area contributed by atoms with E-state index in [9.17, 15) is 45.8 Å². The van der Waals surface area contributed by atoms with Gasteiger partial charge in [0.05, 0.1) is 40.4 Å². The van der Waals surface area contributed by atoms with E-state index in [0.717, 1.165) is 34.9 Å². The number of benzene rings is 4. The lowest BCUT2D eigenvalue weighted by atomic mass is 9.93. The fourth-order valence-corrected chi connectivity index (χ4v) is 5.24. The Labute approximate surface area is 267 Å². The summed E-state index contributed by atoms with van der Waals surface area (Å²) in [6, 6.07) is 10.6. The van der Waals surface area contributed by atoms with Gasteiger partial charge in [-0.2, -0.15) is 26.3 Å². The molecule has 47 heavy (non-hydrogen) atoms. The van der Waals surface area contributed by atoms with Crippen LogP contribution in [0.5, 0.6) is 11.5 Å². The number of alkyl halides is 6. The monoisotopic (exact) mass is 723 g/mol. The highest BCUT2D eigenvalue weighted by Crippen LogP contribution is 2.40. The molecule has 0 radical (unpaired) electrons. The molecule has 0 saturated heterocycles. The van der Waals surface area contributed by atoms with Crippen molar-refractivity contribution >= 4 is 38.6 Å². The van der Waals surface area contributed by atoms with E-state index in [4.69, 9.17) is 9.47 Å². The molecule has 5 rings (SSSR count). The van der Waals surface area contributed by atoms with Crippen molar-refractivity contribution in [2.45, 2.75) is 12.4 Å². The maximum Gasteiger partial charge on any atom is 0.416 e. The Morgan fingerprint density at radius 1 is 0.830 bits per heavy atom. The van der Waals surface area contributed by atoms with Crippen LogP contribution in [0.15, 0.2) is 88.3 Å². The number of aromatic carboxylic acids is 1. The SMILES string of the molecule is COc1cc(-c2cc(C(F)(F)F)ccc2C(=O)O)c2c(=O)n(-c3ccc(OC(=O)c4ccc(C(F)(F)F)cc4)c(F)c3)cc(Br)c2c1. The summed E-state index contributed by atoms with van der Waals surface area (Å²) in [6.07, 6.45) is -8.25. The zero-order valence-corrected chi connectivity index (χ0v) is 25.1. The maximum atomic E-state index is 15.2. The Kier molecular flexibility index (Phi) is 8.62. The third-order valence-electron chi connectivity index (χ3n) is 6.99. The second-order valence-corrected chi connectivity index (χ2v) is 10.7. The van der Waals surface area contributed by atoms with Crippen molar-refractivity contribution in [3.05, 3.63) is 122 Å². The minimum atomic E-state index is -4.85. The summed E-state index contributed by atoms with van der Waals surface area (Å²) in [5.74, 6) is -4.41. The smallest absolute Gasteiger partial charge is 0.416 e. The molecule has 0 aliphatic carbocycles. The summed E-state index contributed by atoms with van der Waals surface area (Å²) in [7, 11) is 1.26. The molecular formula is C32H17BrF7NO6. The molecule has 0 bridgehead atoms. The van der Waals surface area contributed by atoms with Crippen LogP contribution >= 0.6 is 15.9 Å². The summed E-state index contributed by atoms with van der Waals surface area (Å²) in [5, 5.41) is 9.68. The summed E-state index contributed by atoms with van der Waals surface area (Å²) in [6.45, 7) is 0. The fraction of sp³-hybridized carbons (Fsp3) is 0.0938. The number of esters is 1. The number of pyridine rings is 1. The van der Waals surface area contributed by atoms with Gasteiger partial charge in [0.1, 0.15) is 5.75 Å². The molecule has 0 aliphatic rings. The molecule has 15 heteroatoms. The summed E-state index contributed by atoms with van der Waals surface area (Å²) < 4.78 is 106. The lowest BCUT2D eigenvalue weighted by Gasteiger charge is -2.17. The van der Waals surface area contributed by atoms with Crippen molar-refractivity contribution in [1.82, 2.24) is 4.57 Å². The Hall–Kier alpha value is -5.18. The van der Waals surface area contributed by atoms with E-state index in [-0.39, 0.29) is 37.8 Å². The first kappa shape index (κ1) is 33.2. The van der Waals surface area contributed by atoms with Crippen LogP contribution in [0, 0.1) is 5.82 Å². The number of fused-ring (bicyclic) bond motifs is 1. The first-order valence-corrected chi connectivity index (χ1v) is 13.9. The molecule has 1 N–H and O–H groups in total. The van der Waals surface area contributed by atoms with Gasteiger partial charge >= 0.3 is 24.3 Å². The average Bonchev–Trinajstić information content (AvgIpc) is 3.02. The van der Waals surface area contributed by atoms with Crippen LogP contribution in [0.25, 0.3) is 27.6 Å². The van der Waals surface area contributed by atoms with Gasteiger partial charge in [0.25, 0.3) is 5.56 Å². The van der Waals surface area contributed by atoms with E-state index in [1.807, 2.05) is 0 Å². The first-order chi connectivity index (χ1) is 22.0. The average molecular weight is 724 g/mol. The second kappa shape index (κ2) is 12.2. The molecule has 1 heterocycles. The predicted octanol–water partition coefficient (Wildman–Crippen LogP) is 8.52. The molecule has 0 fully saturated rings. The molecule has 0 unspecified atom stereocenters. The third kappa shape index (κ3) is 6.56. The normalized spacial score (nSPS) is 11.9. The van der Waals surface area contributed by atoms with E-state index >= 15 is 4.39 Å². The standard InChI is InChI=1S/C32H17BrF7NO6/c1-46-19-12-22(21-10-17(32(38,39)40)6-8-20(21)29(43)44)27-23(13-19)24(33)14-41(28(27)42)18-7-9-26(25(34)11-18)47-30(45)15-2-4-16(5-3-15)31(35,36)37/h2-14H,1H3,(H,43,44). The summed E-state index contributed by atoms with van der Waals surface area (Å²) in [4.78, 5) is 38.4.